The van der Waals surface area contributed by atoms with Gasteiger partial charge in [0.2, 0.25) is 5.82 Å². The maximum atomic E-state index is 15.0. The molecule has 32 heavy (non-hydrogen) atoms. The molecule has 1 saturated heterocycles. The third-order valence-corrected chi connectivity index (χ3v) is 5.28. The molecule has 11 heteroatoms. The first-order valence-corrected chi connectivity index (χ1v) is 10.1. The van der Waals surface area contributed by atoms with Crippen molar-refractivity contribution in [2.75, 3.05) is 24.7 Å². The number of hydrogen-bond acceptors (Lipinski definition) is 8. The highest BCUT2D eigenvalue weighted by atomic mass is 19.3. The molecule has 0 saturated carbocycles. The molecule has 1 aliphatic heterocycles. The Balaban J connectivity index is 1.73. The van der Waals surface area contributed by atoms with Crippen LogP contribution in [0.1, 0.15) is 25.1 Å². The van der Waals surface area contributed by atoms with E-state index in [4.69, 9.17) is 14.3 Å². The number of nitrogens with zero attached hydrogens (tertiary/aromatic N) is 3. The molecule has 3 heterocycles. The fraction of sp³-hybridized carbons (Fsp3) is 0.429. The first-order valence-electron chi connectivity index (χ1n) is 10.1. The van der Waals surface area contributed by atoms with Crippen molar-refractivity contribution < 1.29 is 37.7 Å². The van der Waals surface area contributed by atoms with E-state index in [0.717, 1.165) is 0 Å². The summed E-state index contributed by atoms with van der Waals surface area (Å²) >= 11 is 0. The van der Waals surface area contributed by atoms with Gasteiger partial charge in [0.25, 0.3) is 0 Å². The van der Waals surface area contributed by atoms with E-state index in [9.17, 15) is 14.7 Å². The van der Waals surface area contributed by atoms with Crippen LogP contribution in [0.4, 0.5) is 14.6 Å². The van der Waals surface area contributed by atoms with Crippen LogP contribution in [0, 0.1) is 0 Å². The van der Waals surface area contributed by atoms with Gasteiger partial charge in [0, 0.05) is 31.4 Å². The van der Waals surface area contributed by atoms with Gasteiger partial charge in [0.05, 0.1) is 12.1 Å². The van der Waals surface area contributed by atoms with Gasteiger partial charge < -0.3 is 29.1 Å². The maximum Gasteiger partial charge on any atom is 0.329 e. The number of aromatic nitrogens is 2. The van der Waals surface area contributed by atoms with E-state index in [1.165, 1.54) is 4.90 Å². The Bertz CT molecular complexity index is 1150. The summed E-state index contributed by atoms with van der Waals surface area (Å²) in [5.41, 5.74) is 0.785. The highest BCUT2D eigenvalue weighted by Gasteiger charge is 2.39. The van der Waals surface area contributed by atoms with Crippen LogP contribution in [-0.2, 0) is 20.2 Å². The number of halogens is 2. The maximum absolute atomic E-state index is 15.0. The summed E-state index contributed by atoms with van der Waals surface area (Å²) in [5, 5.41) is 19.1. The first kappa shape index (κ1) is 22.0. The zero-order valence-electron chi connectivity index (χ0n) is 16.9. The number of aliphatic carboxylic acids is 1. The lowest BCUT2D eigenvalue weighted by Crippen LogP contribution is -2.32. The Morgan fingerprint density at radius 1 is 1.34 bits per heavy atom. The van der Waals surface area contributed by atoms with Crippen molar-refractivity contribution in [3.8, 4) is 0 Å². The van der Waals surface area contributed by atoms with Crippen molar-refractivity contribution in [1.29, 1.82) is 0 Å². The molecule has 0 bridgehead atoms. The molecule has 0 unspecified atom stereocenters. The largest absolute Gasteiger partial charge is 0.480 e. The van der Waals surface area contributed by atoms with Crippen molar-refractivity contribution in [1.82, 2.24) is 9.97 Å². The zero-order valence-corrected chi connectivity index (χ0v) is 16.9. The van der Waals surface area contributed by atoms with Crippen LogP contribution >= 0.6 is 0 Å². The molecular formula is C21H21F2N3O6. The topological polar surface area (TPSA) is 126 Å². The second kappa shape index (κ2) is 8.75. The standard InChI is InChI=1S/C21H21F2N3O6/c22-21(23,6-3-7-31-11-16(29)30)20-24-17-14-4-1-2-5-15(14)32-18(17)19(25-20)26-9-13(28)8-12(26)10-27/h1-2,4-5,10,12-13,28H,3,6-9,11H2,(H,29,30)/t12-,13-/m0/s1. The van der Waals surface area contributed by atoms with Crippen LogP contribution in [0.2, 0.25) is 0 Å². The van der Waals surface area contributed by atoms with Crippen LogP contribution in [0.5, 0.6) is 0 Å². The Kier molecular flexibility index (Phi) is 6.02. The van der Waals surface area contributed by atoms with Crippen molar-refractivity contribution in [3.63, 3.8) is 0 Å². The highest BCUT2D eigenvalue weighted by molar-refractivity contribution is 6.06. The summed E-state index contributed by atoms with van der Waals surface area (Å²) in [6.07, 6.45) is -0.781. The number of aliphatic hydroxyl groups excluding tert-OH is 1. The van der Waals surface area contributed by atoms with Gasteiger partial charge in [-0.05, 0) is 18.6 Å². The smallest absolute Gasteiger partial charge is 0.329 e. The fourth-order valence-corrected chi connectivity index (χ4v) is 3.82. The lowest BCUT2D eigenvalue weighted by atomic mass is 10.1. The molecule has 2 N–H and O–H groups in total. The highest BCUT2D eigenvalue weighted by Crippen LogP contribution is 2.39. The van der Waals surface area contributed by atoms with E-state index in [-0.39, 0.29) is 42.9 Å². The average molecular weight is 449 g/mol. The predicted octanol–water partition coefficient (Wildman–Crippen LogP) is 2.49. The summed E-state index contributed by atoms with van der Waals surface area (Å²) in [4.78, 5) is 31.7. The average Bonchev–Trinajstić information content (AvgIpc) is 3.32. The van der Waals surface area contributed by atoms with E-state index in [1.807, 2.05) is 0 Å². The van der Waals surface area contributed by atoms with E-state index in [1.54, 1.807) is 24.3 Å². The van der Waals surface area contributed by atoms with Gasteiger partial charge in [0.15, 0.2) is 11.4 Å². The molecular weight excluding hydrogens is 428 g/mol. The van der Waals surface area contributed by atoms with E-state index in [2.05, 4.69) is 9.97 Å². The number of alkyl halides is 2. The minimum absolute atomic E-state index is 0.0247. The van der Waals surface area contributed by atoms with Crippen LogP contribution in [-0.4, -0.2) is 64.3 Å². The molecule has 1 aliphatic rings. The number of ether oxygens (including phenoxy) is 1. The van der Waals surface area contributed by atoms with E-state index >= 15 is 8.78 Å². The van der Waals surface area contributed by atoms with Crippen molar-refractivity contribution in [2.45, 2.75) is 37.3 Å². The number of aldehydes is 1. The molecule has 4 rings (SSSR count). The summed E-state index contributed by atoms with van der Waals surface area (Å²) in [6.45, 7) is -0.679. The molecule has 1 aromatic carbocycles. The van der Waals surface area contributed by atoms with Gasteiger partial charge in [-0.1, -0.05) is 12.1 Å². The van der Waals surface area contributed by atoms with E-state index in [0.29, 0.717) is 17.3 Å². The minimum Gasteiger partial charge on any atom is -0.480 e. The second-order valence-corrected chi connectivity index (χ2v) is 7.65. The van der Waals surface area contributed by atoms with Gasteiger partial charge >= 0.3 is 11.9 Å². The number of anilines is 1. The lowest BCUT2D eigenvalue weighted by molar-refractivity contribution is -0.142. The molecule has 170 valence electrons. The van der Waals surface area contributed by atoms with E-state index < -0.39 is 42.9 Å². The number of carboxylic acids is 1. The van der Waals surface area contributed by atoms with Crippen molar-refractivity contribution >= 4 is 40.1 Å². The number of rotatable bonds is 9. The van der Waals surface area contributed by atoms with Crippen LogP contribution < -0.4 is 4.90 Å². The molecule has 2 atom stereocenters. The van der Waals surface area contributed by atoms with Gasteiger partial charge in [0.1, 0.15) is 24.0 Å². The number of fused-ring (bicyclic) bond motifs is 3. The van der Waals surface area contributed by atoms with Crippen LogP contribution in [0.3, 0.4) is 0 Å². The van der Waals surface area contributed by atoms with Crippen LogP contribution in [0.25, 0.3) is 22.1 Å². The molecule has 1 fully saturated rings. The lowest BCUT2D eigenvalue weighted by Gasteiger charge is -2.23. The van der Waals surface area contributed by atoms with Gasteiger partial charge in [-0.2, -0.15) is 8.78 Å². The SMILES string of the molecule is O=C[C@@H]1C[C@H](O)CN1c1nc(C(F)(F)CCCOCC(=O)O)nc2c1oc1ccccc12. The van der Waals surface area contributed by atoms with Gasteiger partial charge in [-0.3, -0.25) is 0 Å². The Hall–Kier alpha value is -3.18. The minimum atomic E-state index is -3.44. The third kappa shape index (κ3) is 4.26. The number of β-amino-alcohol motifs (C(OH)–C–C–N with tert-alkyl or cyclic N) is 1. The molecule has 3 aromatic rings. The van der Waals surface area contributed by atoms with Gasteiger partial charge in [-0.25, -0.2) is 14.8 Å². The summed E-state index contributed by atoms with van der Waals surface area (Å²) < 4.78 is 40.7. The summed E-state index contributed by atoms with van der Waals surface area (Å²) in [6, 6.07) is 6.09. The van der Waals surface area contributed by atoms with Crippen molar-refractivity contribution in [2.24, 2.45) is 0 Å². The summed E-state index contributed by atoms with van der Waals surface area (Å²) in [7, 11) is 0. The third-order valence-electron chi connectivity index (χ3n) is 5.28. The molecule has 9 nitrogen and oxygen atoms in total. The zero-order chi connectivity index (χ0) is 22.9. The fourth-order valence-electron chi connectivity index (χ4n) is 3.82. The first-order chi connectivity index (χ1) is 15.3. The molecule has 2 aromatic heterocycles. The molecule has 0 spiro atoms. The number of furan rings is 1. The number of carboxylic acid groups (broad SMARTS) is 1. The molecule has 0 aliphatic carbocycles. The van der Waals surface area contributed by atoms with Crippen molar-refractivity contribution in [3.05, 3.63) is 30.1 Å². The Morgan fingerprint density at radius 2 is 2.12 bits per heavy atom. The monoisotopic (exact) mass is 449 g/mol. The molecule has 0 amide bonds. The Morgan fingerprint density at radius 3 is 2.88 bits per heavy atom. The van der Waals surface area contributed by atoms with Crippen LogP contribution in [0.15, 0.2) is 28.7 Å². The number of benzene rings is 1. The number of carbonyl (C=O) groups excluding carboxylic acids is 1. The normalized spacial score (nSPS) is 19.2. The molecule has 0 radical (unpaired) electrons. The number of para-hydroxylation sites is 1. The second-order valence-electron chi connectivity index (χ2n) is 7.65. The predicted molar refractivity (Wildman–Crippen MR) is 109 cm³/mol. The quantitative estimate of drug-likeness (QED) is 0.374. The summed E-state index contributed by atoms with van der Waals surface area (Å²) in [5.74, 6) is -5.34. The Labute approximate surface area is 180 Å². The number of aliphatic hydroxyl groups is 1. The number of carbonyl (C=O) groups is 2. The van der Waals surface area contributed by atoms with Gasteiger partial charge in [-0.15, -0.1) is 0 Å². The number of hydrogen-bond donors (Lipinski definition) is 2.